The summed E-state index contributed by atoms with van der Waals surface area (Å²) >= 11 is 0. The first-order chi connectivity index (χ1) is 12.1. The number of hydrogen-bond donors (Lipinski definition) is 1. The molecule has 4 nitrogen and oxygen atoms in total. The molecule has 0 radical (unpaired) electrons. The summed E-state index contributed by atoms with van der Waals surface area (Å²) in [5.74, 6) is -0.806. The van der Waals surface area contributed by atoms with Crippen molar-refractivity contribution in [2.24, 2.45) is 11.8 Å². The van der Waals surface area contributed by atoms with Crippen molar-refractivity contribution in [2.75, 3.05) is 0 Å². The third-order valence-corrected chi connectivity index (χ3v) is 5.23. The van der Waals surface area contributed by atoms with Crippen LogP contribution < -0.4 is 5.32 Å². The molecule has 0 saturated heterocycles. The van der Waals surface area contributed by atoms with Crippen LogP contribution in [0.1, 0.15) is 62.9 Å². The maximum Gasteiger partial charge on any atom is 0.391 e. The third kappa shape index (κ3) is 5.48. The Morgan fingerprint density at radius 1 is 1.23 bits per heavy atom. The van der Waals surface area contributed by atoms with Crippen LogP contribution in [0.25, 0.3) is 0 Å². The Labute approximate surface area is 153 Å². The molecule has 0 aromatic carbocycles. The molecular weight excluding hydrogens is 343 g/mol. The molecule has 148 valence electrons. The van der Waals surface area contributed by atoms with Crippen molar-refractivity contribution in [3.05, 3.63) is 17.0 Å². The van der Waals surface area contributed by atoms with Crippen LogP contribution in [0.2, 0.25) is 0 Å². The normalized spacial score (nSPS) is 21.2. The van der Waals surface area contributed by atoms with Gasteiger partial charge in [0.25, 0.3) is 0 Å². The first-order valence-corrected chi connectivity index (χ1v) is 9.46. The summed E-state index contributed by atoms with van der Waals surface area (Å²) in [6.45, 7) is 9.10. The van der Waals surface area contributed by atoms with Crippen LogP contribution in [0.4, 0.5) is 13.2 Å². The minimum absolute atomic E-state index is 0.0872. The van der Waals surface area contributed by atoms with Crippen LogP contribution in [0.5, 0.6) is 0 Å². The molecule has 0 unspecified atom stereocenters. The Bertz CT molecular complexity index is 614. The van der Waals surface area contributed by atoms with Gasteiger partial charge in [0, 0.05) is 24.7 Å². The first-order valence-electron chi connectivity index (χ1n) is 9.46. The van der Waals surface area contributed by atoms with E-state index < -0.39 is 12.1 Å². The van der Waals surface area contributed by atoms with E-state index in [0.29, 0.717) is 31.6 Å². The number of rotatable bonds is 6. The van der Waals surface area contributed by atoms with Crippen molar-refractivity contribution in [3.63, 3.8) is 0 Å². The van der Waals surface area contributed by atoms with E-state index in [1.807, 2.05) is 18.5 Å². The lowest BCUT2D eigenvalue weighted by Gasteiger charge is -2.30. The van der Waals surface area contributed by atoms with Crippen LogP contribution >= 0.6 is 0 Å². The number of nitrogens with one attached hydrogen (secondary N) is 1. The zero-order chi connectivity index (χ0) is 19.5. The topological polar surface area (TPSA) is 46.9 Å². The van der Waals surface area contributed by atoms with Crippen molar-refractivity contribution in [3.8, 4) is 0 Å². The summed E-state index contributed by atoms with van der Waals surface area (Å²) in [6.07, 6.45) is -2.14. The zero-order valence-electron chi connectivity index (χ0n) is 16.1. The Morgan fingerprint density at radius 3 is 2.38 bits per heavy atom. The summed E-state index contributed by atoms with van der Waals surface area (Å²) in [5, 5.41) is 7.46. The lowest BCUT2D eigenvalue weighted by molar-refractivity contribution is -0.182. The van der Waals surface area contributed by atoms with Gasteiger partial charge in [-0.3, -0.25) is 9.48 Å². The third-order valence-electron chi connectivity index (χ3n) is 5.23. The van der Waals surface area contributed by atoms with Gasteiger partial charge in [-0.25, -0.2) is 0 Å². The highest BCUT2D eigenvalue weighted by molar-refractivity contribution is 5.76. The van der Waals surface area contributed by atoms with Crippen molar-refractivity contribution in [1.82, 2.24) is 15.1 Å². The molecule has 1 heterocycles. The average molecular weight is 373 g/mol. The molecule has 1 saturated carbocycles. The van der Waals surface area contributed by atoms with Gasteiger partial charge in [-0.15, -0.1) is 0 Å². The number of carbonyl (C=O) groups excluding carboxylic acids is 1. The predicted octanol–water partition coefficient (Wildman–Crippen LogP) is 4.33. The van der Waals surface area contributed by atoms with Gasteiger partial charge in [-0.2, -0.15) is 18.3 Å². The van der Waals surface area contributed by atoms with Crippen LogP contribution in [0.15, 0.2) is 0 Å². The molecule has 0 spiro atoms. The summed E-state index contributed by atoms with van der Waals surface area (Å²) in [4.78, 5) is 12.2. The first kappa shape index (κ1) is 20.8. The van der Waals surface area contributed by atoms with Gasteiger partial charge in [0.2, 0.25) is 5.91 Å². The van der Waals surface area contributed by atoms with E-state index in [1.54, 1.807) is 0 Å². The number of hydrogen-bond acceptors (Lipinski definition) is 2. The number of amides is 1. The average Bonchev–Trinajstić information content (AvgIpc) is 2.78. The number of aryl methyl sites for hydroxylation is 1. The maximum absolute atomic E-state index is 12.7. The Hall–Kier alpha value is -1.53. The monoisotopic (exact) mass is 373 g/mol. The fraction of sp³-hybridized carbons (Fsp3) is 0.789. The molecule has 2 rings (SSSR count). The van der Waals surface area contributed by atoms with E-state index in [-0.39, 0.29) is 24.8 Å². The molecule has 26 heavy (non-hydrogen) atoms. The molecular formula is C19H30F3N3O. The lowest BCUT2D eigenvalue weighted by atomic mass is 9.85. The van der Waals surface area contributed by atoms with E-state index in [2.05, 4.69) is 24.3 Å². The number of nitrogens with zero attached hydrogens (tertiary/aromatic N) is 2. The molecule has 1 aromatic rings. The Kier molecular flexibility index (Phi) is 6.74. The van der Waals surface area contributed by atoms with Crippen molar-refractivity contribution in [1.29, 1.82) is 0 Å². The van der Waals surface area contributed by atoms with Crippen molar-refractivity contribution in [2.45, 2.75) is 85.0 Å². The van der Waals surface area contributed by atoms with Gasteiger partial charge in [0.1, 0.15) is 0 Å². The summed E-state index contributed by atoms with van der Waals surface area (Å²) < 4.78 is 40.1. The van der Waals surface area contributed by atoms with E-state index in [9.17, 15) is 18.0 Å². The van der Waals surface area contributed by atoms with Gasteiger partial charge in [-0.1, -0.05) is 13.8 Å². The number of alkyl halides is 3. The van der Waals surface area contributed by atoms with E-state index in [4.69, 9.17) is 0 Å². The molecule has 1 aliphatic rings. The molecule has 1 amide bonds. The standard InChI is InChI=1S/C19H30F3N3O/c1-12(2)11-25-14(4)17(13(3)24-25)9-10-18(26)23-16-7-5-15(6-8-16)19(20,21)22/h12,15-16H,5-11H2,1-4H3,(H,23,26). The smallest absolute Gasteiger partial charge is 0.353 e. The number of aromatic nitrogens is 2. The Morgan fingerprint density at radius 2 is 1.85 bits per heavy atom. The molecule has 0 atom stereocenters. The molecule has 0 bridgehead atoms. The molecule has 1 fully saturated rings. The molecule has 1 N–H and O–H groups in total. The highest BCUT2D eigenvalue weighted by atomic mass is 19.4. The molecule has 1 aromatic heterocycles. The van der Waals surface area contributed by atoms with Crippen LogP contribution in [-0.4, -0.2) is 27.9 Å². The van der Waals surface area contributed by atoms with Crippen LogP contribution in [-0.2, 0) is 17.8 Å². The highest BCUT2D eigenvalue weighted by Crippen LogP contribution is 2.37. The quantitative estimate of drug-likeness (QED) is 0.807. The SMILES string of the molecule is Cc1nn(CC(C)C)c(C)c1CCC(=O)NC1CCC(C(F)(F)F)CC1. The fourth-order valence-corrected chi connectivity index (χ4v) is 3.72. The second-order valence-electron chi connectivity index (χ2n) is 7.88. The molecule has 7 heteroatoms. The number of halogens is 3. The van der Waals surface area contributed by atoms with Gasteiger partial charge >= 0.3 is 6.18 Å². The van der Waals surface area contributed by atoms with Gasteiger partial charge < -0.3 is 5.32 Å². The minimum Gasteiger partial charge on any atom is -0.353 e. The summed E-state index contributed by atoms with van der Waals surface area (Å²) in [5.41, 5.74) is 3.14. The van der Waals surface area contributed by atoms with Gasteiger partial charge in [0.15, 0.2) is 0 Å². The second-order valence-corrected chi connectivity index (χ2v) is 7.88. The van der Waals surface area contributed by atoms with Crippen LogP contribution in [0.3, 0.4) is 0 Å². The fourth-order valence-electron chi connectivity index (χ4n) is 3.72. The van der Waals surface area contributed by atoms with E-state index in [1.165, 1.54) is 0 Å². The summed E-state index contributed by atoms with van der Waals surface area (Å²) in [7, 11) is 0. The van der Waals surface area contributed by atoms with Gasteiger partial charge in [-0.05, 0) is 57.4 Å². The molecule has 0 aliphatic heterocycles. The zero-order valence-corrected chi connectivity index (χ0v) is 16.1. The predicted molar refractivity (Wildman–Crippen MR) is 94.8 cm³/mol. The molecule has 1 aliphatic carbocycles. The van der Waals surface area contributed by atoms with E-state index in [0.717, 1.165) is 23.5 Å². The van der Waals surface area contributed by atoms with Crippen LogP contribution in [0, 0.1) is 25.7 Å². The lowest BCUT2D eigenvalue weighted by Crippen LogP contribution is -2.40. The second kappa shape index (κ2) is 8.44. The number of carbonyl (C=O) groups is 1. The maximum atomic E-state index is 12.7. The minimum atomic E-state index is -4.11. The van der Waals surface area contributed by atoms with Crippen molar-refractivity contribution < 1.29 is 18.0 Å². The van der Waals surface area contributed by atoms with E-state index >= 15 is 0 Å². The van der Waals surface area contributed by atoms with Gasteiger partial charge in [0.05, 0.1) is 11.6 Å². The Balaban J connectivity index is 1.82. The largest absolute Gasteiger partial charge is 0.391 e. The summed E-state index contributed by atoms with van der Waals surface area (Å²) in [6, 6.07) is -0.132. The van der Waals surface area contributed by atoms with Crippen molar-refractivity contribution >= 4 is 5.91 Å². The highest BCUT2D eigenvalue weighted by Gasteiger charge is 2.41.